The third-order valence-electron chi connectivity index (χ3n) is 3.42. The average molecular weight is 342 g/mol. The molecule has 1 N–H and O–H groups in total. The molecular weight excluding hydrogens is 327 g/mol. The Morgan fingerprint density at radius 1 is 1.28 bits per heavy atom. The molecule has 8 heteroatoms. The first-order valence-corrected chi connectivity index (χ1v) is 7.64. The summed E-state index contributed by atoms with van der Waals surface area (Å²) in [6.07, 6.45) is 2.07. The van der Waals surface area contributed by atoms with Gasteiger partial charge in [0.25, 0.3) is 5.56 Å². The number of amides is 1. The van der Waals surface area contributed by atoms with Crippen molar-refractivity contribution in [3.05, 3.63) is 64.7 Å². The summed E-state index contributed by atoms with van der Waals surface area (Å²) >= 11 is 0. The Balaban J connectivity index is 1.78. The van der Waals surface area contributed by atoms with Gasteiger partial charge in [0.15, 0.2) is 0 Å². The largest absolute Gasteiger partial charge is 0.421 e. The number of aryl methyl sites for hydroxylation is 1. The van der Waals surface area contributed by atoms with E-state index in [-0.39, 0.29) is 18.0 Å². The van der Waals surface area contributed by atoms with Crippen LogP contribution in [0.3, 0.4) is 0 Å². The molecule has 0 atom stereocenters. The molecule has 0 fully saturated rings. The minimum Gasteiger partial charge on any atom is -0.421 e. The number of benzene rings is 1. The lowest BCUT2D eigenvalue weighted by molar-refractivity contribution is -0.116. The minimum absolute atomic E-state index is 0.224. The molecule has 3 rings (SSSR count). The van der Waals surface area contributed by atoms with E-state index in [1.807, 2.05) is 6.92 Å². The Bertz CT molecular complexity index is 964. The van der Waals surface area contributed by atoms with Crippen molar-refractivity contribution in [2.45, 2.75) is 19.9 Å². The maximum Gasteiger partial charge on any atom is 0.251 e. The molecule has 1 amide bonds. The van der Waals surface area contributed by atoms with Crippen molar-refractivity contribution >= 4 is 11.6 Å². The Labute approximate surface area is 142 Å². The third-order valence-corrected chi connectivity index (χ3v) is 3.42. The maximum atomic E-state index is 13.2. The molecule has 0 saturated carbocycles. The van der Waals surface area contributed by atoms with Gasteiger partial charge in [0.1, 0.15) is 12.4 Å². The predicted octanol–water partition coefficient (Wildman–Crippen LogP) is 2.24. The quantitative estimate of drug-likeness (QED) is 0.768. The number of carbonyl (C=O) groups is 1. The second-order valence-corrected chi connectivity index (χ2v) is 5.30. The third kappa shape index (κ3) is 3.97. The van der Waals surface area contributed by atoms with Gasteiger partial charge in [-0.25, -0.2) is 4.39 Å². The Kier molecular flexibility index (Phi) is 4.69. The highest BCUT2D eigenvalue weighted by molar-refractivity contribution is 5.90. The number of rotatable bonds is 5. The first-order valence-electron chi connectivity index (χ1n) is 7.64. The van der Waals surface area contributed by atoms with Crippen LogP contribution in [0, 0.1) is 5.82 Å². The summed E-state index contributed by atoms with van der Waals surface area (Å²) in [5.74, 6) is -0.155. The van der Waals surface area contributed by atoms with Crippen molar-refractivity contribution in [1.82, 2.24) is 14.8 Å². The van der Waals surface area contributed by atoms with E-state index in [4.69, 9.17) is 4.42 Å². The number of halogens is 1. The van der Waals surface area contributed by atoms with Crippen LogP contribution in [0.25, 0.3) is 11.5 Å². The molecule has 0 saturated heterocycles. The lowest BCUT2D eigenvalue weighted by Crippen LogP contribution is -2.26. The summed E-state index contributed by atoms with van der Waals surface area (Å²) in [7, 11) is 0. The fourth-order valence-corrected chi connectivity index (χ4v) is 2.22. The van der Waals surface area contributed by atoms with Crippen LogP contribution in [0.2, 0.25) is 0 Å². The number of hydrogen-bond acceptors (Lipinski definition) is 5. The Morgan fingerprint density at radius 3 is 2.84 bits per heavy atom. The van der Waals surface area contributed by atoms with Gasteiger partial charge in [0.2, 0.25) is 17.7 Å². The smallest absolute Gasteiger partial charge is 0.251 e. The molecule has 0 aliphatic carbocycles. The fraction of sp³-hybridized carbons (Fsp3) is 0.176. The summed E-state index contributed by atoms with van der Waals surface area (Å²) in [6.45, 7) is 1.66. The van der Waals surface area contributed by atoms with Crippen LogP contribution in [0.1, 0.15) is 12.8 Å². The topological polar surface area (TPSA) is 90.0 Å². The van der Waals surface area contributed by atoms with Gasteiger partial charge in [-0.2, -0.15) is 0 Å². The summed E-state index contributed by atoms with van der Waals surface area (Å²) < 4.78 is 19.8. The van der Waals surface area contributed by atoms with Crippen LogP contribution in [0.5, 0.6) is 0 Å². The SMILES string of the molecule is CCc1nnc(-c2ccc(=O)n(CC(=O)Nc3cccc(F)c3)c2)o1. The lowest BCUT2D eigenvalue weighted by Gasteiger charge is -2.08. The van der Waals surface area contributed by atoms with Crippen molar-refractivity contribution in [1.29, 1.82) is 0 Å². The van der Waals surface area contributed by atoms with Crippen LogP contribution < -0.4 is 10.9 Å². The van der Waals surface area contributed by atoms with Crippen LogP contribution in [-0.4, -0.2) is 20.7 Å². The predicted molar refractivity (Wildman–Crippen MR) is 88.4 cm³/mol. The summed E-state index contributed by atoms with van der Waals surface area (Å²) in [5, 5.41) is 10.3. The molecule has 2 heterocycles. The highest BCUT2D eigenvalue weighted by Gasteiger charge is 2.11. The molecule has 0 spiro atoms. The molecule has 128 valence electrons. The first kappa shape index (κ1) is 16.6. The number of hydrogen-bond donors (Lipinski definition) is 1. The molecule has 0 unspecified atom stereocenters. The van der Waals surface area contributed by atoms with E-state index in [1.165, 1.54) is 35.0 Å². The maximum absolute atomic E-state index is 13.2. The number of pyridine rings is 1. The van der Waals surface area contributed by atoms with Gasteiger partial charge < -0.3 is 14.3 Å². The fourth-order valence-electron chi connectivity index (χ4n) is 2.22. The van der Waals surface area contributed by atoms with E-state index in [9.17, 15) is 14.0 Å². The van der Waals surface area contributed by atoms with Crippen molar-refractivity contribution in [3.63, 3.8) is 0 Å². The zero-order valence-corrected chi connectivity index (χ0v) is 13.4. The van der Waals surface area contributed by atoms with E-state index in [0.717, 1.165) is 0 Å². The van der Waals surface area contributed by atoms with E-state index in [1.54, 1.807) is 12.1 Å². The number of aromatic nitrogens is 3. The van der Waals surface area contributed by atoms with Crippen LogP contribution in [-0.2, 0) is 17.8 Å². The van der Waals surface area contributed by atoms with E-state index in [0.29, 0.717) is 23.6 Å². The minimum atomic E-state index is -0.458. The number of carbonyl (C=O) groups excluding carboxylic acids is 1. The first-order chi connectivity index (χ1) is 12.0. The van der Waals surface area contributed by atoms with Crippen molar-refractivity contribution in [2.24, 2.45) is 0 Å². The van der Waals surface area contributed by atoms with Crippen molar-refractivity contribution in [3.8, 4) is 11.5 Å². The molecule has 0 aliphatic heterocycles. The number of nitrogens with zero attached hydrogens (tertiary/aromatic N) is 3. The Hall–Kier alpha value is -3.29. The van der Waals surface area contributed by atoms with Gasteiger partial charge in [-0.3, -0.25) is 9.59 Å². The van der Waals surface area contributed by atoms with Gasteiger partial charge in [-0.15, -0.1) is 10.2 Å². The van der Waals surface area contributed by atoms with Crippen LogP contribution >= 0.6 is 0 Å². The summed E-state index contributed by atoms with van der Waals surface area (Å²) in [6, 6.07) is 8.39. The van der Waals surface area contributed by atoms with Crippen LogP contribution in [0.15, 0.2) is 51.8 Å². The monoisotopic (exact) mass is 342 g/mol. The summed E-state index contributed by atoms with van der Waals surface area (Å²) in [4.78, 5) is 24.1. The molecule has 2 aromatic heterocycles. The van der Waals surface area contributed by atoms with Gasteiger partial charge in [-0.1, -0.05) is 13.0 Å². The van der Waals surface area contributed by atoms with Crippen molar-refractivity contribution < 1.29 is 13.6 Å². The number of nitrogens with one attached hydrogen (secondary N) is 1. The second-order valence-electron chi connectivity index (χ2n) is 5.30. The zero-order valence-electron chi connectivity index (χ0n) is 13.4. The van der Waals surface area contributed by atoms with Crippen LogP contribution in [0.4, 0.5) is 10.1 Å². The molecule has 3 aromatic rings. The molecular formula is C17H15FN4O3. The van der Waals surface area contributed by atoms with Gasteiger partial charge >= 0.3 is 0 Å². The van der Waals surface area contributed by atoms with Gasteiger partial charge in [-0.05, 0) is 24.3 Å². The zero-order chi connectivity index (χ0) is 17.8. The Morgan fingerprint density at radius 2 is 2.12 bits per heavy atom. The van der Waals surface area contributed by atoms with E-state index in [2.05, 4.69) is 15.5 Å². The normalized spacial score (nSPS) is 10.6. The standard InChI is InChI=1S/C17H15FN4O3/c1-2-15-20-21-17(25-15)11-6-7-16(24)22(9-11)10-14(23)19-13-5-3-4-12(18)8-13/h3-9H,2,10H2,1H3,(H,19,23). The molecule has 0 radical (unpaired) electrons. The summed E-state index contributed by atoms with van der Waals surface area (Å²) in [5.41, 5.74) is 0.498. The van der Waals surface area contributed by atoms with E-state index >= 15 is 0 Å². The second kappa shape index (κ2) is 7.08. The molecule has 25 heavy (non-hydrogen) atoms. The van der Waals surface area contributed by atoms with Gasteiger partial charge in [0.05, 0.1) is 5.56 Å². The highest BCUT2D eigenvalue weighted by atomic mass is 19.1. The van der Waals surface area contributed by atoms with Crippen molar-refractivity contribution in [2.75, 3.05) is 5.32 Å². The van der Waals surface area contributed by atoms with Gasteiger partial charge in [0, 0.05) is 24.4 Å². The average Bonchev–Trinajstić information content (AvgIpc) is 3.06. The molecule has 0 bridgehead atoms. The number of anilines is 1. The molecule has 0 aliphatic rings. The van der Waals surface area contributed by atoms with E-state index < -0.39 is 11.7 Å². The lowest BCUT2D eigenvalue weighted by atomic mass is 10.3. The molecule has 1 aromatic carbocycles. The highest BCUT2D eigenvalue weighted by Crippen LogP contribution is 2.16. The molecule has 7 nitrogen and oxygen atoms in total.